The van der Waals surface area contributed by atoms with Crippen LogP contribution in [-0.2, 0) is 11.0 Å². The van der Waals surface area contributed by atoms with Crippen LogP contribution in [0.2, 0.25) is 0 Å². The first-order valence-electron chi connectivity index (χ1n) is 6.36. The average Bonchev–Trinajstić information content (AvgIpc) is 2.52. The molecule has 22 heavy (non-hydrogen) atoms. The Labute approximate surface area is 126 Å². The summed E-state index contributed by atoms with van der Waals surface area (Å²) in [5, 5.41) is 3.76. The standard InChI is InChI=1S/C17H12F3NO/c1-22-21-16(12-7-13-5-3-2-4-6-13)14-8-10-15(11-9-14)17(18,19)20/h2-6,8-11H,1H3/b21-16+. The zero-order valence-corrected chi connectivity index (χ0v) is 11.7. The lowest BCUT2D eigenvalue weighted by molar-refractivity contribution is -0.137. The van der Waals surface area contributed by atoms with Gasteiger partial charge in [-0.05, 0) is 30.2 Å². The van der Waals surface area contributed by atoms with Gasteiger partial charge < -0.3 is 4.84 Å². The molecule has 0 atom stereocenters. The molecule has 0 N–H and O–H groups in total. The fourth-order valence-corrected chi connectivity index (χ4v) is 1.71. The third-order valence-electron chi connectivity index (χ3n) is 2.77. The third kappa shape index (κ3) is 4.13. The number of halogens is 3. The Balaban J connectivity index is 2.30. The molecule has 0 aliphatic heterocycles. The molecule has 0 aliphatic rings. The van der Waals surface area contributed by atoms with Crippen molar-refractivity contribution in [1.82, 2.24) is 0 Å². The van der Waals surface area contributed by atoms with E-state index in [1.807, 2.05) is 30.3 Å². The lowest BCUT2D eigenvalue weighted by atomic mass is 10.1. The molecule has 0 heterocycles. The molecule has 2 rings (SSSR count). The van der Waals surface area contributed by atoms with Crippen LogP contribution in [-0.4, -0.2) is 12.8 Å². The average molecular weight is 303 g/mol. The lowest BCUT2D eigenvalue weighted by Crippen LogP contribution is -2.06. The first-order chi connectivity index (χ1) is 10.5. The van der Waals surface area contributed by atoms with Crippen molar-refractivity contribution in [2.24, 2.45) is 5.16 Å². The third-order valence-corrected chi connectivity index (χ3v) is 2.77. The number of nitrogens with zero attached hydrogens (tertiary/aromatic N) is 1. The molecular weight excluding hydrogens is 291 g/mol. The number of rotatable bonds is 2. The minimum absolute atomic E-state index is 0.264. The van der Waals surface area contributed by atoms with E-state index in [-0.39, 0.29) is 5.71 Å². The SMILES string of the molecule is CO/N=C(\C#Cc1ccccc1)c1ccc(C(F)(F)F)cc1. The minimum atomic E-state index is -4.37. The number of hydrogen-bond acceptors (Lipinski definition) is 2. The highest BCUT2D eigenvalue weighted by Crippen LogP contribution is 2.29. The second kappa shape index (κ2) is 6.81. The van der Waals surface area contributed by atoms with Crippen LogP contribution in [0.25, 0.3) is 0 Å². The number of alkyl halides is 3. The smallest absolute Gasteiger partial charge is 0.398 e. The highest BCUT2D eigenvalue weighted by molar-refractivity contribution is 6.13. The quantitative estimate of drug-likeness (QED) is 0.465. The Morgan fingerprint density at radius 1 is 1.00 bits per heavy atom. The summed E-state index contributed by atoms with van der Waals surface area (Å²) in [5.41, 5.74) is 0.778. The van der Waals surface area contributed by atoms with Crippen LogP contribution in [0.3, 0.4) is 0 Å². The molecule has 0 aromatic heterocycles. The maximum Gasteiger partial charge on any atom is 0.416 e. The van der Waals surface area contributed by atoms with E-state index in [9.17, 15) is 13.2 Å². The molecule has 2 aromatic carbocycles. The fourth-order valence-electron chi connectivity index (χ4n) is 1.71. The second-order valence-corrected chi connectivity index (χ2v) is 4.31. The van der Waals surface area contributed by atoms with Crippen LogP contribution in [0.15, 0.2) is 59.8 Å². The monoisotopic (exact) mass is 303 g/mol. The molecule has 0 radical (unpaired) electrons. The predicted octanol–water partition coefficient (Wildman–Crippen LogP) is 4.11. The molecule has 0 saturated heterocycles. The van der Waals surface area contributed by atoms with Crippen molar-refractivity contribution in [3.63, 3.8) is 0 Å². The van der Waals surface area contributed by atoms with E-state index < -0.39 is 11.7 Å². The van der Waals surface area contributed by atoms with Crippen molar-refractivity contribution in [3.05, 3.63) is 71.3 Å². The van der Waals surface area contributed by atoms with Gasteiger partial charge in [-0.3, -0.25) is 0 Å². The van der Waals surface area contributed by atoms with E-state index in [0.29, 0.717) is 5.56 Å². The van der Waals surface area contributed by atoms with Crippen LogP contribution in [0.5, 0.6) is 0 Å². The van der Waals surface area contributed by atoms with Crippen molar-refractivity contribution >= 4 is 5.71 Å². The molecule has 0 fully saturated rings. The van der Waals surface area contributed by atoms with Crippen molar-refractivity contribution in [1.29, 1.82) is 0 Å². The summed E-state index contributed by atoms with van der Waals surface area (Å²) < 4.78 is 37.7. The fraction of sp³-hybridized carbons (Fsp3) is 0.118. The molecule has 0 saturated carbocycles. The largest absolute Gasteiger partial charge is 0.416 e. The molecule has 0 unspecified atom stereocenters. The zero-order chi connectivity index (χ0) is 16.0. The maximum absolute atomic E-state index is 12.6. The summed E-state index contributed by atoms with van der Waals surface area (Å²) in [6.07, 6.45) is -4.37. The number of hydrogen-bond donors (Lipinski definition) is 0. The summed E-state index contributed by atoms with van der Waals surface area (Å²) in [6.45, 7) is 0. The van der Waals surface area contributed by atoms with Gasteiger partial charge in [0.15, 0.2) is 5.71 Å². The predicted molar refractivity (Wildman–Crippen MR) is 78.3 cm³/mol. The summed E-state index contributed by atoms with van der Waals surface area (Å²) in [5.74, 6) is 5.70. The van der Waals surface area contributed by atoms with Crippen molar-refractivity contribution in [2.75, 3.05) is 7.11 Å². The Bertz CT molecular complexity index is 708. The summed E-state index contributed by atoms with van der Waals surface area (Å²) in [7, 11) is 1.36. The van der Waals surface area contributed by atoms with Gasteiger partial charge in [-0.25, -0.2) is 0 Å². The minimum Gasteiger partial charge on any atom is -0.398 e. The van der Waals surface area contributed by atoms with Gasteiger partial charge in [0.05, 0.1) is 5.56 Å². The second-order valence-electron chi connectivity index (χ2n) is 4.31. The van der Waals surface area contributed by atoms with Crippen molar-refractivity contribution < 1.29 is 18.0 Å². The van der Waals surface area contributed by atoms with Gasteiger partial charge in [0.2, 0.25) is 0 Å². The Morgan fingerprint density at radius 3 is 2.18 bits per heavy atom. The van der Waals surface area contributed by atoms with E-state index in [0.717, 1.165) is 17.7 Å². The van der Waals surface area contributed by atoms with E-state index in [4.69, 9.17) is 4.84 Å². The molecule has 0 spiro atoms. The molecule has 0 bridgehead atoms. The number of oxime groups is 1. The highest BCUT2D eigenvalue weighted by atomic mass is 19.4. The lowest BCUT2D eigenvalue weighted by Gasteiger charge is -2.06. The van der Waals surface area contributed by atoms with Gasteiger partial charge in [0.1, 0.15) is 7.11 Å². The Hall–Kier alpha value is -2.74. The molecule has 0 aliphatic carbocycles. The summed E-state index contributed by atoms with van der Waals surface area (Å²) in [6, 6.07) is 13.8. The van der Waals surface area contributed by atoms with Gasteiger partial charge >= 0.3 is 6.18 Å². The first kappa shape index (κ1) is 15.6. The Morgan fingerprint density at radius 2 is 1.64 bits per heavy atom. The topological polar surface area (TPSA) is 21.6 Å². The number of benzene rings is 2. The van der Waals surface area contributed by atoms with E-state index >= 15 is 0 Å². The summed E-state index contributed by atoms with van der Waals surface area (Å²) in [4.78, 5) is 4.71. The van der Waals surface area contributed by atoms with Crippen LogP contribution in [0.4, 0.5) is 13.2 Å². The zero-order valence-electron chi connectivity index (χ0n) is 11.7. The maximum atomic E-state index is 12.6. The Kier molecular flexibility index (Phi) is 4.84. The van der Waals surface area contributed by atoms with E-state index in [1.54, 1.807) is 0 Å². The molecule has 0 amide bonds. The van der Waals surface area contributed by atoms with Crippen LogP contribution < -0.4 is 0 Å². The molecule has 112 valence electrons. The van der Waals surface area contributed by atoms with Crippen LogP contribution in [0.1, 0.15) is 16.7 Å². The van der Waals surface area contributed by atoms with Gasteiger partial charge in [0.25, 0.3) is 0 Å². The molecule has 2 nitrogen and oxygen atoms in total. The van der Waals surface area contributed by atoms with Crippen molar-refractivity contribution in [3.8, 4) is 11.8 Å². The molecular formula is C17H12F3NO. The van der Waals surface area contributed by atoms with Gasteiger partial charge in [-0.15, -0.1) is 0 Å². The van der Waals surface area contributed by atoms with E-state index in [2.05, 4.69) is 17.0 Å². The van der Waals surface area contributed by atoms with Crippen LogP contribution >= 0.6 is 0 Å². The molecule has 2 aromatic rings. The van der Waals surface area contributed by atoms with E-state index in [1.165, 1.54) is 19.2 Å². The summed E-state index contributed by atoms with van der Waals surface area (Å²) >= 11 is 0. The highest BCUT2D eigenvalue weighted by Gasteiger charge is 2.30. The van der Waals surface area contributed by atoms with Gasteiger partial charge in [-0.1, -0.05) is 41.4 Å². The van der Waals surface area contributed by atoms with Gasteiger partial charge in [0, 0.05) is 11.1 Å². The normalized spacial score (nSPS) is 11.5. The molecule has 5 heteroatoms. The van der Waals surface area contributed by atoms with Crippen molar-refractivity contribution in [2.45, 2.75) is 6.18 Å². The van der Waals surface area contributed by atoms with Gasteiger partial charge in [-0.2, -0.15) is 13.2 Å². The van der Waals surface area contributed by atoms with Crippen LogP contribution in [0, 0.1) is 11.8 Å². The first-order valence-corrected chi connectivity index (χ1v) is 6.36.